The molecule has 0 saturated carbocycles. The maximum absolute atomic E-state index is 13.1. The molecule has 22 heavy (non-hydrogen) atoms. The van der Waals surface area contributed by atoms with Gasteiger partial charge in [0, 0.05) is 36.4 Å². The molecule has 2 aromatic rings. The number of thioether (sulfide) groups is 1. The maximum atomic E-state index is 13.1. The molecule has 0 atom stereocenters. The van der Waals surface area contributed by atoms with Crippen molar-refractivity contribution in [3.63, 3.8) is 0 Å². The number of amides is 1. The van der Waals surface area contributed by atoms with Crippen molar-refractivity contribution in [2.24, 2.45) is 0 Å². The van der Waals surface area contributed by atoms with Gasteiger partial charge in [-0.1, -0.05) is 0 Å². The molecule has 1 saturated heterocycles. The van der Waals surface area contributed by atoms with Crippen molar-refractivity contribution in [3.05, 3.63) is 29.2 Å². The van der Waals surface area contributed by atoms with Crippen LogP contribution in [0.15, 0.2) is 12.1 Å². The van der Waals surface area contributed by atoms with Crippen molar-refractivity contribution >= 4 is 23.3 Å². The second kappa shape index (κ2) is 5.45. The number of fused-ring (bicyclic) bond motifs is 1. The molecule has 3 heterocycles. The largest absolute Gasteiger partial charge is 0.433 e. The Morgan fingerprint density at radius 2 is 1.95 bits per heavy atom. The molecule has 0 aromatic carbocycles. The van der Waals surface area contributed by atoms with Crippen LogP contribution in [-0.2, 0) is 6.18 Å². The van der Waals surface area contributed by atoms with Crippen LogP contribution in [0.3, 0.4) is 0 Å². The van der Waals surface area contributed by atoms with Gasteiger partial charge in [-0.25, -0.2) is 9.50 Å². The monoisotopic (exact) mass is 330 g/mol. The van der Waals surface area contributed by atoms with Gasteiger partial charge in [0.15, 0.2) is 11.3 Å². The maximum Gasteiger partial charge on any atom is 0.433 e. The van der Waals surface area contributed by atoms with Gasteiger partial charge in [-0.3, -0.25) is 4.79 Å². The van der Waals surface area contributed by atoms with E-state index in [9.17, 15) is 18.0 Å². The second-order valence-corrected chi connectivity index (χ2v) is 6.21. The van der Waals surface area contributed by atoms with Crippen LogP contribution < -0.4 is 0 Å². The first kappa shape index (κ1) is 15.1. The van der Waals surface area contributed by atoms with Crippen molar-refractivity contribution in [1.29, 1.82) is 0 Å². The number of nitrogens with zero attached hydrogens (tertiary/aromatic N) is 4. The van der Waals surface area contributed by atoms with E-state index >= 15 is 0 Å². The van der Waals surface area contributed by atoms with E-state index in [4.69, 9.17) is 0 Å². The first-order chi connectivity index (χ1) is 10.4. The number of halogens is 3. The normalized spacial score (nSPS) is 16.3. The predicted octanol–water partition coefficient (Wildman–Crippen LogP) is 2.25. The molecule has 0 bridgehead atoms. The lowest BCUT2D eigenvalue weighted by Crippen LogP contribution is -2.38. The number of hydrogen-bond donors (Lipinski definition) is 0. The molecule has 1 amide bonds. The summed E-state index contributed by atoms with van der Waals surface area (Å²) in [5.41, 5.74) is -0.672. The summed E-state index contributed by atoms with van der Waals surface area (Å²) in [6.07, 6.45) is -4.56. The predicted molar refractivity (Wildman–Crippen MR) is 76.0 cm³/mol. The van der Waals surface area contributed by atoms with E-state index in [1.165, 1.54) is 13.0 Å². The highest BCUT2D eigenvalue weighted by atomic mass is 32.2. The number of carbonyl (C=O) groups excluding carboxylic acids is 1. The van der Waals surface area contributed by atoms with Gasteiger partial charge in [-0.15, -0.1) is 0 Å². The summed E-state index contributed by atoms with van der Waals surface area (Å²) in [5.74, 6) is 1.30. The first-order valence-electron chi connectivity index (χ1n) is 6.68. The Labute approximate surface area is 128 Å². The SMILES string of the molecule is Cc1cc(C(F)(F)F)n2nc(C(=O)N3CCSCC3)cc2n1. The van der Waals surface area contributed by atoms with E-state index in [1.807, 2.05) is 0 Å². The minimum Gasteiger partial charge on any atom is -0.336 e. The minimum atomic E-state index is -4.56. The van der Waals surface area contributed by atoms with Crippen molar-refractivity contribution in [3.8, 4) is 0 Å². The third kappa shape index (κ3) is 2.77. The lowest BCUT2D eigenvalue weighted by molar-refractivity contribution is -0.142. The average Bonchev–Trinajstić information content (AvgIpc) is 2.89. The van der Waals surface area contributed by atoms with Gasteiger partial charge in [0.05, 0.1) is 0 Å². The van der Waals surface area contributed by atoms with Gasteiger partial charge < -0.3 is 4.90 Å². The van der Waals surface area contributed by atoms with Crippen molar-refractivity contribution in [1.82, 2.24) is 19.5 Å². The summed E-state index contributed by atoms with van der Waals surface area (Å²) in [6, 6.07) is 2.23. The highest BCUT2D eigenvalue weighted by Gasteiger charge is 2.35. The van der Waals surface area contributed by atoms with Crippen LogP contribution in [0.25, 0.3) is 5.65 Å². The van der Waals surface area contributed by atoms with Gasteiger partial charge in [-0.2, -0.15) is 30.0 Å². The Morgan fingerprint density at radius 3 is 2.59 bits per heavy atom. The van der Waals surface area contributed by atoms with Crippen molar-refractivity contribution in [2.75, 3.05) is 24.6 Å². The molecule has 0 spiro atoms. The van der Waals surface area contributed by atoms with Crippen LogP contribution in [0.5, 0.6) is 0 Å². The van der Waals surface area contributed by atoms with Crippen LogP contribution in [0.4, 0.5) is 13.2 Å². The van der Waals surface area contributed by atoms with E-state index < -0.39 is 11.9 Å². The van der Waals surface area contributed by atoms with E-state index in [2.05, 4.69) is 10.1 Å². The lowest BCUT2D eigenvalue weighted by Gasteiger charge is -2.25. The van der Waals surface area contributed by atoms with Crippen LogP contribution >= 0.6 is 11.8 Å². The number of rotatable bonds is 1. The van der Waals surface area contributed by atoms with Crippen LogP contribution in [0.1, 0.15) is 21.9 Å². The van der Waals surface area contributed by atoms with Crippen LogP contribution in [0.2, 0.25) is 0 Å². The average molecular weight is 330 g/mol. The summed E-state index contributed by atoms with van der Waals surface area (Å²) in [4.78, 5) is 18.0. The standard InChI is InChI=1S/C13H13F3N4OS/c1-8-6-10(13(14,15)16)20-11(17-8)7-9(18-20)12(21)19-2-4-22-5-3-19/h6-7H,2-5H2,1H3. The summed E-state index contributed by atoms with van der Waals surface area (Å²) in [5, 5.41) is 3.83. The van der Waals surface area contributed by atoms with Crippen molar-refractivity contribution < 1.29 is 18.0 Å². The number of aryl methyl sites for hydroxylation is 1. The minimum absolute atomic E-state index is 0.00417. The first-order valence-corrected chi connectivity index (χ1v) is 7.83. The Morgan fingerprint density at radius 1 is 1.27 bits per heavy atom. The summed E-state index contributed by atoms with van der Waals surface area (Å²) in [6.45, 7) is 2.64. The molecule has 2 aromatic heterocycles. The molecule has 9 heteroatoms. The molecule has 118 valence electrons. The number of alkyl halides is 3. The van der Waals surface area contributed by atoms with Crippen LogP contribution in [-0.4, -0.2) is 50.0 Å². The van der Waals surface area contributed by atoms with Gasteiger partial charge in [-0.05, 0) is 13.0 Å². The molecule has 1 fully saturated rings. The summed E-state index contributed by atoms with van der Waals surface area (Å²) in [7, 11) is 0. The number of hydrogen-bond acceptors (Lipinski definition) is 4. The molecular formula is C13H13F3N4OS. The Bertz CT molecular complexity index is 722. The molecule has 0 unspecified atom stereocenters. The fourth-order valence-electron chi connectivity index (χ4n) is 2.33. The van der Waals surface area contributed by atoms with Gasteiger partial charge in [0.25, 0.3) is 5.91 Å². The highest BCUT2D eigenvalue weighted by Crippen LogP contribution is 2.30. The topological polar surface area (TPSA) is 50.5 Å². The molecule has 1 aliphatic rings. The van der Waals surface area contributed by atoms with E-state index in [1.54, 1.807) is 16.7 Å². The van der Waals surface area contributed by atoms with Crippen molar-refractivity contribution in [2.45, 2.75) is 13.1 Å². The highest BCUT2D eigenvalue weighted by molar-refractivity contribution is 7.99. The summed E-state index contributed by atoms with van der Waals surface area (Å²) >= 11 is 1.74. The Kier molecular flexibility index (Phi) is 3.75. The molecule has 3 rings (SSSR count). The van der Waals surface area contributed by atoms with Gasteiger partial charge in [0.1, 0.15) is 5.69 Å². The molecule has 0 radical (unpaired) electrons. The number of carbonyl (C=O) groups is 1. The van der Waals surface area contributed by atoms with E-state index in [0.29, 0.717) is 17.6 Å². The zero-order chi connectivity index (χ0) is 15.9. The third-order valence-electron chi connectivity index (χ3n) is 3.36. The molecule has 1 aliphatic heterocycles. The summed E-state index contributed by atoms with van der Waals surface area (Å²) < 4.78 is 39.9. The Balaban J connectivity index is 2.04. The van der Waals surface area contributed by atoms with E-state index in [-0.39, 0.29) is 22.9 Å². The zero-order valence-corrected chi connectivity index (χ0v) is 12.5. The molecule has 0 aliphatic carbocycles. The Hall–Kier alpha value is -1.77. The smallest absolute Gasteiger partial charge is 0.336 e. The molecule has 0 N–H and O–H groups in total. The van der Waals surface area contributed by atoms with E-state index in [0.717, 1.165) is 17.6 Å². The third-order valence-corrected chi connectivity index (χ3v) is 4.31. The fraction of sp³-hybridized carbons (Fsp3) is 0.462. The quantitative estimate of drug-likeness (QED) is 0.805. The number of aromatic nitrogens is 3. The lowest BCUT2D eigenvalue weighted by atomic mass is 10.3. The fourth-order valence-corrected chi connectivity index (χ4v) is 3.24. The van der Waals surface area contributed by atoms with Crippen LogP contribution in [0, 0.1) is 6.92 Å². The molecule has 5 nitrogen and oxygen atoms in total. The molecular weight excluding hydrogens is 317 g/mol. The van der Waals surface area contributed by atoms with Gasteiger partial charge in [0.2, 0.25) is 0 Å². The van der Waals surface area contributed by atoms with Gasteiger partial charge >= 0.3 is 6.18 Å². The zero-order valence-electron chi connectivity index (χ0n) is 11.7. The second-order valence-electron chi connectivity index (χ2n) is 4.98.